The number of benzene rings is 4. The van der Waals surface area contributed by atoms with Crippen LogP contribution in [-0.2, 0) is 37.4 Å². The number of aryl methyl sites for hydroxylation is 2. The number of para-hydroxylation sites is 1. The number of piperidine rings is 4. The molecule has 474 valence electrons. The van der Waals surface area contributed by atoms with E-state index in [1.807, 2.05) is 145 Å². The number of hydrogen-bond donors (Lipinski definition) is 5. The van der Waals surface area contributed by atoms with Crippen molar-refractivity contribution in [2.75, 3.05) is 57.7 Å². The Labute approximate surface area is 530 Å². The molecule has 24 heteroatoms. The number of urea groups is 1. The maximum atomic E-state index is 14.0. The summed E-state index contributed by atoms with van der Waals surface area (Å²) in [5.41, 5.74) is 11.3. The largest absolute Gasteiger partial charge is 0.436 e. The zero-order valence-corrected chi connectivity index (χ0v) is 51.5. The van der Waals surface area contributed by atoms with Crippen molar-refractivity contribution in [3.05, 3.63) is 184 Å². The number of aromatic amines is 3. The van der Waals surface area contributed by atoms with Crippen molar-refractivity contribution in [2.45, 2.75) is 114 Å². The van der Waals surface area contributed by atoms with Crippen molar-refractivity contribution in [3.8, 4) is 11.3 Å². The molecule has 2 unspecified atom stereocenters. The van der Waals surface area contributed by atoms with Gasteiger partial charge in [0.15, 0.2) is 12.2 Å². The Morgan fingerprint density at radius 2 is 1.05 bits per heavy atom. The van der Waals surface area contributed by atoms with Crippen molar-refractivity contribution in [1.82, 2.24) is 75.3 Å². The molecule has 5 aromatic heterocycles. The summed E-state index contributed by atoms with van der Waals surface area (Å²) in [6.07, 6.45) is 8.34. The summed E-state index contributed by atoms with van der Waals surface area (Å²) >= 11 is 0. The van der Waals surface area contributed by atoms with Gasteiger partial charge in [0.05, 0.1) is 11.2 Å². The molecule has 6 amide bonds. The monoisotopic (exact) mass is 1240 g/mol. The summed E-state index contributed by atoms with van der Waals surface area (Å²) in [4.78, 5) is 99.4. The minimum Gasteiger partial charge on any atom is -0.436 e. The Bertz CT molecular complexity index is 4160. The Morgan fingerprint density at radius 3 is 1.58 bits per heavy atom. The number of hydrogen-bond acceptors (Lipinski definition) is 14. The summed E-state index contributed by atoms with van der Waals surface area (Å²) in [6, 6.07) is 36.7. The lowest BCUT2D eigenvalue weighted by Crippen LogP contribution is -2.58. The lowest BCUT2D eigenvalue weighted by Gasteiger charge is -2.45. The van der Waals surface area contributed by atoms with Crippen LogP contribution in [0.15, 0.2) is 139 Å². The number of nitrogens with zero attached hydrogens (tertiary/aromatic N) is 11. The molecule has 92 heavy (non-hydrogen) atoms. The molecule has 9 aromatic rings. The third-order valence-corrected chi connectivity index (χ3v) is 18.9. The van der Waals surface area contributed by atoms with Crippen LogP contribution in [0.4, 0.5) is 20.1 Å². The first kappa shape index (κ1) is 60.6. The molecule has 0 radical (unpaired) electrons. The fourth-order valence-electron chi connectivity index (χ4n) is 13.9. The van der Waals surface area contributed by atoms with Crippen molar-refractivity contribution in [3.63, 3.8) is 0 Å². The van der Waals surface area contributed by atoms with E-state index in [4.69, 9.17) is 9.47 Å². The highest BCUT2D eigenvalue weighted by Gasteiger charge is 2.44. The van der Waals surface area contributed by atoms with Gasteiger partial charge in [-0.05, 0) is 135 Å². The van der Waals surface area contributed by atoms with Crippen LogP contribution in [0, 0.1) is 13.8 Å². The number of imidazole rings is 1. The molecule has 1 spiro atoms. The van der Waals surface area contributed by atoms with Gasteiger partial charge in [0.25, 0.3) is 11.8 Å². The summed E-state index contributed by atoms with van der Waals surface area (Å²) in [6.45, 7) is 7.76. The molecule has 14 rings (SSSR count). The van der Waals surface area contributed by atoms with Gasteiger partial charge >= 0.3 is 23.9 Å². The van der Waals surface area contributed by atoms with Crippen LogP contribution >= 0.6 is 0 Å². The first-order valence-electron chi connectivity index (χ1n) is 31.8. The lowest BCUT2D eigenvalue weighted by molar-refractivity contribution is -0.142. The third-order valence-electron chi connectivity index (χ3n) is 18.9. The maximum Gasteiger partial charge on any atom is 0.410 e. The van der Waals surface area contributed by atoms with Crippen molar-refractivity contribution in [2.24, 2.45) is 0 Å². The molecule has 4 saturated heterocycles. The molecular weight excluding hydrogens is 1170 g/mol. The molecule has 0 saturated carbocycles. The minimum atomic E-state index is -0.997. The third kappa shape index (κ3) is 13.2. The quantitative estimate of drug-likeness (QED) is 0.0764. The van der Waals surface area contributed by atoms with Crippen LogP contribution in [0.2, 0.25) is 0 Å². The van der Waals surface area contributed by atoms with Gasteiger partial charge < -0.3 is 44.7 Å². The minimum absolute atomic E-state index is 0.0461. The average Bonchev–Trinajstić information content (AvgIpc) is 1.02. The van der Waals surface area contributed by atoms with E-state index in [-0.39, 0.29) is 54.3 Å². The smallest absolute Gasteiger partial charge is 0.410 e. The lowest BCUT2D eigenvalue weighted by atomic mass is 9.79. The van der Waals surface area contributed by atoms with E-state index in [1.165, 1.54) is 0 Å². The molecule has 10 heterocycles. The molecular formula is C68H74N16O8. The number of H-pyrrole nitrogens is 3. The van der Waals surface area contributed by atoms with Gasteiger partial charge in [0.2, 0.25) is 0 Å². The highest BCUT2D eigenvalue weighted by molar-refractivity contribution is 5.94. The molecule has 4 aromatic carbocycles. The number of carbonyl (C=O) groups excluding carboxylic acids is 5. The second-order valence-corrected chi connectivity index (χ2v) is 24.7. The second-order valence-electron chi connectivity index (χ2n) is 24.7. The summed E-state index contributed by atoms with van der Waals surface area (Å²) in [5.74, 6) is 0.178. The molecule has 0 bridgehead atoms. The zero-order valence-electron chi connectivity index (χ0n) is 51.5. The highest BCUT2D eigenvalue weighted by Crippen LogP contribution is 2.40. The number of carbonyl (C=O) groups is 5. The van der Waals surface area contributed by atoms with Gasteiger partial charge in [0, 0.05) is 124 Å². The van der Waals surface area contributed by atoms with E-state index in [9.17, 15) is 28.8 Å². The van der Waals surface area contributed by atoms with Crippen LogP contribution in [0.1, 0.15) is 108 Å². The van der Waals surface area contributed by atoms with Crippen LogP contribution < -0.4 is 16.3 Å². The number of nitrogens with one attached hydrogen (secondary N) is 5. The second kappa shape index (κ2) is 26.7. The first-order chi connectivity index (χ1) is 44.8. The number of rotatable bonds is 12. The van der Waals surface area contributed by atoms with Crippen LogP contribution in [-0.4, -0.2) is 165 Å². The molecule has 2 atom stereocenters. The average molecular weight is 1240 g/mol. The first-order valence-corrected chi connectivity index (χ1v) is 31.8. The predicted octanol–water partition coefficient (Wildman–Crippen LogP) is 8.85. The van der Waals surface area contributed by atoms with Crippen LogP contribution in [0.5, 0.6) is 0 Å². The zero-order chi connectivity index (χ0) is 63.3. The van der Waals surface area contributed by atoms with Gasteiger partial charge in [0.1, 0.15) is 22.1 Å². The van der Waals surface area contributed by atoms with E-state index >= 15 is 0 Å². The van der Waals surface area contributed by atoms with E-state index < -0.39 is 29.9 Å². The molecule has 4 fully saturated rings. The fraction of sp³-hybridized carbons (Fsp3) is 0.382. The topological polar surface area (TPSA) is 288 Å². The fourth-order valence-corrected chi connectivity index (χ4v) is 13.9. The van der Waals surface area contributed by atoms with Crippen molar-refractivity contribution < 1.29 is 33.4 Å². The van der Waals surface area contributed by atoms with E-state index in [2.05, 4.69) is 56.4 Å². The number of likely N-dealkylation sites (tertiary alicyclic amines) is 4. The number of aromatic nitrogens is 10. The number of amides is 6. The predicted molar refractivity (Wildman–Crippen MR) is 342 cm³/mol. The van der Waals surface area contributed by atoms with Gasteiger partial charge in [-0.2, -0.15) is 30.8 Å². The number of anilines is 1. The van der Waals surface area contributed by atoms with E-state index in [1.54, 1.807) is 26.8 Å². The normalized spacial score (nSPS) is 17.7. The standard InChI is InChI=1S/C35H38N8O4.C33H36N8O4/c1-23-19-24(20-29-32(23)39-40-38-29)21-31(33(44)41-15-10-26(11-16-41)28-9-5-6-14-36-28)47-35(46)42-17-12-27(13-18-42)43-22-30(37-34(43)45)25-7-3-2-4-8-25;1-21-18-22(19-27-29(21)38-39-37-27)20-28(30(42)40-14-9-23(10-15-40)25-7-4-5-13-34-25)45-32(44)41-16-11-33(12-17-41)24-6-2-3-8-26(24)35-31(43)36-33/h2-9,14,19-20,22,26-27,31H,10-13,15-18,21H2,1H3,(H,37,45)(H,38,39,40);2-8,13,18-19,23,28H,9-12,14-17,20H2,1H3,(H2,35,36,43)(H,37,38,39). The van der Waals surface area contributed by atoms with E-state index in [0.717, 1.165) is 92.9 Å². The van der Waals surface area contributed by atoms with Gasteiger partial charge in [-0.15, -0.1) is 0 Å². The Hall–Kier alpha value is -10.3. The van der Waals surface area contributed by atoms with Gasteiger partial charge in [-0.3, -0.25) is 24.1 Å². The molecule has 0 aliphatic carbocycles. The number of ether oxygens (including phenoxy) is 2. The molecule has 5 N–H and O–H groups in total. The Balaban J connectivity index is 0.000000168. The number of pyridine rings is 2. The summed E-state index contributed by atoms with van der Waals surface area (Å²) in [5, 5.41) is 28.2. The van der Waals surface area contributed by atoms with Crippen LogP contribution in [0.3, 0.4) is 0 Å². The maximum absolute atomic E-state index is 14.0. The van der Waals surface area contributed by atoms with Crippen molar-refractivity contribution in [1.29, 1.82) is 0 Å². The van der Waals surface area contributed by atoms with Gasteiger partial charge in [-0.25, -0.2) is 19.2 Å². The highest BCUT2D eigenvalue weighted by atomic mass is 16.6. The molecule has 5 aliphatic heterocycles. The van der Waals surface area contributed by atoms with Crippen LogP contribution in [0.25, 0.3) is 33.3 Å². The van der Waals surface area contributed by atoms with Gasteiger partial charge in [-0.1, -0.05) is 72.8 Å². The molecule has 24 nitrogen and oxygen atoms in total. The van der Waals surface area contributed by atoms with Crippen molar-refractivity contribution >= 4 is 57.8 Å². The van der Waals surface area contributed by atoms with E-state index in [0.29, 0.717) is 89.1 Å². The summed E-state index contributed by atoms with van der Waals surface area (Å²) < 4.78 is 13.8. The Kier molecular flexibility index (Phi) is 17.6. The molecule has 5 aliphatic rings. The summed E-state index contributed by atoms with van der Waals surface area (Å²) in [7, 11) is 0. The SMILES string of the molecule is Cc1cc(CC(OC(=O)N2CCC(n3cc(-c4ccccc4)[nH]c3=O)CC2)C(=O)N2CCC(c3ccccn3)CC2)cc2n[nH]nc12.Cc1cc(CC(OC(=O)N2CCC3(CC2)NC(=O)Nc2ccccc23)C(=O)N2CCC(c3ccccn3)CC2)cc2n[nH]nc12. The number of fused-ring (bicyclic) bond motifs is 4. The Morgan fingerprint density at radius 1 is 0.565 bits per heavy atom.